The topological polar surface area (TPSA) is 26.6 Å². The molecule has 4 nitrogen and oxygen atoms in total. The predicted molar refractivity (Wildman–Crippen MR) is 49.1 cm³/mol. The molecule has 0 aromatic heterocycles. The van der Waals surface area contributed by atoms with Gasteiger partial charge >= 0.3 is 6.17 Å². The molecule has 2 aliphatic heterocycles. The highest BCUT2D eigenvalue weighted by atomic mass is 79.9. The van der Waals surface area contributed by atoms with Gasteiger partial charge in [-0.15, -0.1) is 0 Å². The van der Waals surface area contributed by atoms with E-state index in [0.29, 0.717) is 0 Å². The van der Waals surface area contributed by atoms with Crippen LogP contribution in [0, 0.1) is 4.91 Å². The summed E-state index contributed by atoms with van der Waals surface area (Å²) < 4.78 is 0. The Labute approximate surface area is 93.5 Å². The Bertz CT molecular complexity index is 335. The second-order valence-corrected chi connectivity index (χ2v) is 3.20. The van der Waals surface area contributed by atoms with Crippen LogP contribution >= 0.6 is 0 Å². The van der Waals surface area contributed by atoms with Crippen LogP contribution in [0.2, 0.25) is 0 Å². The van der Waals surface area contributed by atoms with Gasteiger partial charge in [0.25, 0.3) is 0 Å². The molecule has 76 valence electrons. The number of hydrogen-bond acceptors (Lipinski definition) is 2. The lowest BCUT2D eigenvalue weighted by Gasteiger charge is -2.27. The number of hydrogen-bond donors (Lipinski definition) is 0. The maximum atomic E-state index is 11.6. The molecule has 1 atom stereocenters. The third-order valence-corrected chi connectivity index (χ3v) is 2.33. The van der Waals surface area contributed by atoms with Crippen molar-refractivity contribution in [2.75, 3.05) is 7.05 Å². The maximum Gasteiger partial charge on any atom is 0.306 e. The third-order valence-electron chi connectivity index (χ3n) is 2.33. The molecule has 0 fully saturated rings. The van der Waals surface area contributed by atoms with Crippen LogP contribution in [0.15, 0.2) is 36.3 Å². The van der Waals surface area contributed by atoms with Crippen LogP contribution < -0.4 is 17.0 Å². The van der Waals surface area contributed by atoms with Crippen molar-refractivity contribution >= 4 is 0 Å². The summed E-state index contributed by atoms with van der Waals surface area (Å²) in [7, 11) is 1.89. The van der Waals surface area contributed by atoms with E-state index in [1.807, 2.05) is 43.3 Å². The van der Waals surface area contributed by atoms with E-state index < -0.39 is 0 Å². The zero-order valence-electron chi connectivity index (χ0n) is 8.09. The van der Waals surface area contributed by atoms with Crippen molar-refractivity contribution in [2.24, 2.45) is 0 Å². The molecule has 2 rings (SSSR count). The van der Waals surface area contributed by atoms with Gasteiger partial charge in [-0.05, 0) is 12.2 Å². The summed E-state index contributed by atoms with van der Waals surface area (Å²) in [5, 5.41) is 1.60. The fraction of sp³-hybridized carbons (Fsp3) is 0.333. The van der Waals surface area contributed by atoms with E-state index in [1.54, 1.807) is 11.2 Å². The molecule has 0 bridgehead atoms. The van der Waals surface area contributed by atoms with Crippen molar-refractivity contribution in [3.05, 3.63) is 41.2 Å². The average molecular weight is 258 g/mol. The van der Waals surface area contributed by atoms with Crippen molar-refractivity contribution in [1.82, 2.24) is 9.91 Å². The van der Waals surface area contributed by atoms with Crippen molar-refractivity contribution in [3.8, 4) is 0 Å². The Morgan fingerprint density at radius 2 is 2.14 bits per heavy atom. The molecule has 0 aromatic carbocycles. The Morgan fingerprint density at radius 1 is 1.43 bits per heavy atom. The van der Waals surface area contributed by atoms with Gasteiger partial charge in [0.05, 0.1) is 11.1 Å². The first-order valence-electron chi connectivity index (χ1n) is 4.24. The highest BCUT2D eigenvalue weighted by Gasteiger charge is 2.36. The Balaban J connectivity index is 0.000000980. The van der Waals surface area contributed by atoms with E-state index in [1.165, 1.54) is 0 Å². The Kier molecular flexibility index (Phi) is 3.10. The SMILES string of the molecule is CC1N(C)C=C2C=CC=CN2[N+]1=O.[Br-]. The monoisotopic (exact) mass is 257 g/mol. The third kappa shape index (κ3) is 1.59. The molecule has 5 heteroatoms. The fourth-order valence-electron chi connectivity index (χ4n) is 1.38. The minimum absolute atomic E-state index is 0. The highest BCUT2D eigenvalue weighted by molar-refractivity contribution is 5.26. The predicted octanol–water partition coefficient (Wildman–Crippen LogP) is -1.80. The van der Waals surface area contributed by atoms with Gasteiger partial charge in [-0.25, -0.2) is 0 Å². The van der Waals surface area contributed by atoms with E-state index in [-0.39, 0.29) is 23.1 Å². The molecule has 0 radical (unpaired) electrons. The number of halogens is 1. The summed E-state index contributed by atoms with van der Waals surface area (Å²) in [4.78, 5) is 14.5. The lowest BCUT2D eigenvalue weighted by Crippen LogP contribution is -3.00. The lowest BCUT2D eigenvalue weighted by molar-refractivity contribution is -0.728. The van der Waals surface area contributed by atoms with Crippen molar-refractivity contribution < 1.29 is 21.9 Å². The number of allylic oxidation sites excluding steroid dienone is 3. The molecule has 0 aromatic rings. The van der Waals surface area contributed by atoms with Gasteiger partial charge in [-0.1, -0.05) is 11.1 Å². The molecular formula is C9H12BrN3O. The van der Waals surface area contributed by atoms with E-state index in [2.05, 4.69) is 0 Å². The number of hydrazine groups is 1. The van der Waals surface area contributed by atoms with Crippen LogP contribution in [-0.4, -0.2) is 28.0 Å². The smallest absolute Gasteiger partial charge is 0.306 e. The standard InChI is InChI=1S/C9H12N3O.BrH/c1-8-10(2)7-9-5-3-4-6-11(9)12(8)13;/h3-8H,1-2H3;1H/q+1;/p-1. The second-order valence-electron chi connectivity index (χ2n) is 3.20. The van der Waals surface area contributed by atoms with Crippen molar-refractivity contribution in [2.45, 2.75) is 13.1 Å². The second kappa shape index (κ2) is 3.96. The average Bonchev–Trinajstić information content (AvgIpc) is 2.15. The van der Waals surface area contributed by atoms with Crippen LogP contribution in [0.1, 0.15) is 6.92 Å². The first-order chi connectivity index (χ1) is 6.20. The number of nitroso groups, excluding NO2 is 1. The van der Waals surface area contributed by atoms with Gasteiger partial charge in [0.2, 0.25) is 0 Å². The van der Waals surface area contributed by atoms with Gasteiger partial charge in [-0.3, -0.25) is 0 Å². The van der Waals surface area contributed by atoms with Crippen LogP contribution in [-0.2, 0) is 0 Å². The molecular weight excluding hydrogens is 246 g/mol. The molecule has 0 saturated heterocycles. The molecule has 0 aliphatic carbocycles. The Morgan fingerprint density at radius 3 is 2.86 bits per heavy atom. The van der Waals surface area contributed by atoms with Crippen LogP contribution in [0.25, 0.3) is 0 Å². The molecule has 0 saturated carbocycles. The first kappa shape index (κ1) is 11.0. The zero-order chi connectivity index (χ0) is 9.42. The molecule has 2 heterocycles. The minimum atomic E-state index is -0.153. The maximum absolute atomic E-state index is 11.6. The molecule has 0 spiro atoms. The molecule has 14 heavy (non-hydrogen) atoms. The normalized spacial score (nSPS) is 24.3. The van der Waals surface area contributed by atoms with E-state index >= 15 is 0 Å². The van der Waals surface area contributed by atoms with Gasteiger partial charge in [0, 0.05) is 20.2 Å². The number of fused-ring (bicyclic) bond motifs is 1. The first-order valence-corrected chi connectivity index (χ1v) is 4.24. The van der Waals surface area contributed by atoms with E-state index in [0.717, 1.165) is 10.6 Å². The van der Waals surface area contributed by atoms with Gasteiger partial charge in [0.1, 0.15) is 5.70 Å². The van der Waals surface area contributed by atoms with Crippen molar-refractivity contribution in [1.29, 1.82) is 0 Å². The quantitative estimate of drug-likeness (QED) is 0.480. The Hall–Kier alpha value is -1.10. The lowest BCUT2D eigenvalue weighted by atomic mass is 10.3. The summed E-state index contributed by atoms with van der Waals surface area (Å²) in [6.45, 7) is 1.87. The summed E-state index contributed by atoms with van der Waals surface area (Å²) >= 11 is 0. The fourth-order valence-corrected chi connectivity index (χ4v) is 1.38. The van der Waals surface area contributed by atoms with E-state index in [9.17, 15) is 4.91 Å². The van der Waals surface area contributed by atoms with Gasteiger partial charge in [-0.2, -0.15) is 0 Å². The molecule has 0 amide bonds. The number of rotatable bonds is 0. The van der Waals surface area contributed by atoms with Gasteiger partial charge < -0.3 is 21.9 Å². The summed E-state index contributed by atoms with van der Waals surface area (Å²) in [6, 6.07) is 0. The summed E-state index contributed by atoms with van der Waals surface area (Å²) in [5.74, 6) is 0. The number of nitrogens with zero attached hydrogens (tertiary/aromatic N) is 3. The summed E-state index contributed by atoms with van der Waals surface area (Å²) in [5.41, 5.74) is 0.901. The molecule has 2 aliphatic rings. The molecule has 1 unspecified atom stereocenters. The van der Waals surface area contributed by atoms with E-state index in [4.69, 9.17) is 0 Å². The van der Waals surface area contributed by atoms with Crippen LogP contribution in [0.5, 0.6) is 0 Å². The highest BCUT2D eigenvalue weighted by Crippen LogP contribution is 2.20. The van der Waals surface area contributed by atoms with Crippen molar-refractivity contribution in [3.63, 3.8) is 0 Å². The summed E-state index contributed by atoms with van der Waals surface area (Å²) in [6.07, 6.45) is 9.24. The molecule has 0 N–H and O–H groups in total. The van der Waals surface area contributed by atoms with Gasteiger partial charge in [0.15, 0.2) is 4.87 Å². The largest absolute Gasteiger partial charge is 1.00 e. The van der Waals surface area contributed by atoms with Crippen LogP contribution in [0.4, 0.5) is 0 Å². The zero-order valence-corrected chi connectivity index (χ0v) is 9.68. The van der Waals surface area contributed by atoms with Crippen LogP contribution in [0.3, 0.4) is 0 Å². The minimum Gasteiger partial charge on any atom is -1.00 e.